The zero-order chi connectivity index (χ0) is 10.6. The Morgan fingerprint density at radius 1 is 1.57 bits per heavy atom. The van der Waals surface area contributed by atoms with Gasteiger partial charge in [0.2, 0.25) is 5.78 Å². The number of likely N-dealkylation sites (tertiary alicyclic amines) is 1. The maximum atomic E-state index is 11.1. The molecule has 0 radical (unpaired) electrons. The van der Waals surface area contributed by atoms with Crippen molar-refractivity contribution >= 4 is 11.7 Å². The van der Waals surface area contributed by atoms with Crippen molar-refractivity contribution in [2.24, 2.45) is 0 Å². The normalized spacial score (nSPS) is 16.5. The molecule has 0 unspecified atom stereocenters. The van der Waals surface area contributed by atoms with Gasteiger partial charge >= 0.3 is 0 Å². The average molecular weight is 197 g/mol. The molecule has 4 nitrogen and oxygen atoms in total. The molecule has 78 valence electrons. The molecule has 0 aromatic carbocycles. The summed E-state index contributed by atoms with van der Waals surface area (Å²) >= 11 is 0. The molecule has 0 N–H and O–H groups in total. The van der Waals surface area contributed by atoms with E-state index in [0.717, 1.165) is 5.57 Å². The molecule has 1 rings (SSSR count). The van der Waals surface area contributed by atoms with Crippen LogP contribution in [0, 0.1) is 0 Å². The average Bonchev–Trinajstić information content (AvgIpc) is 2.43. The summed E-state index contributed by atoms with van der Waals surface area (Å²) in [7, 11) is 0. The Balaban J connectivity index is 2.16. The van der Waals surface area contributed by atoms with Crippen LogP contribution in [0.15, 0.2) is 12.2 Å². The SMILES string of the molecule is C=C(C)COCCN1CCC(=O)C1=O. The topological polar surface area (TPSA) is 46.6 Å². The van der Waals surface area contributed by atoms with Crippen LogP contribution in [0.2, 0.25) is 0 Å². The molecule has 0 spiro atoms. The highest BCUT2D eigenvalue weighted by Crippen LogP contribution is 2.05. The fourth-order valence-electron chi connectivity index (χ4n) is 1.26. The number of Topliss-reactive ketones (excluding diaryl/α,β-unsaturated/α-hetero) is 1. The van der Waals surface area contributed by atoms with E-state index in [2.05, 4.69) is 6.58 Å². The molecule has 1 heterocycles. The van der Waals surface area contributed by atoms with E-state index in [0.29, 0.717) is 32.7 Å². The van der Waals surface area contributed by atoms with E-state index in [1.807, 2.05) is 6.92 Å². The van der Waals surface area contributed by atoms with Crippen LogP contribution in [-0.2, 0) is 14.3 Å². The van der Waals surface area contributed by atoms with Crippen LogP contribution in [0.5, 0.6) is 0 Å². The van der Waals surface area contributed by atoms with Crippen molar-refractivity contribution in [3.63, 3.8) is 0 Å². The van der Waals surface area contributed by atoms with Gasteiger partial charge in [0.25, 0.3) is 5.91 Å². The van der Waals surface area contributed by atoms with Gasteiger partial charge in [-0.15, -0.1) is 0 Å². The van der Waals surface area contributed by atoms with Crippen molar-refractivity contribution < 1.29 is 14.3 Å². The predicted octanol–water partition coefficient (Wildman–Crippen LogP) is 0.381. The number of hydrogen-bond donors (Lipinski definition) is 0. The van der Waals surface area contributed by atoms with Gasteiger partial charge in [0.15, 0.2) is 0 Å². The van der Waals surface area contributed by atoms with E-state index in [1.54, 1.807) is 0 Å². The quantitative estimate of drug-likeness (QED) is 0.363. The van der Waals surface area contributed by atoms with Crippen LogP contribution in [0.1, 0.15) is 13.3 Å². The van der Waals surface area contributed by atoms with Crippen molar-refractivity contribution in [1.82, 2.24) is 4.90 Å². The number of nitrogens with zero attached hydrogens (tertiary/aromatic N) is 1. The van der Waals surface area contributed by atoms with Crippen LogP contribution >= 0.6 is 0 Å². The van der Waals surface area contributed by atoms with Crippen LogP contribution < -0.4 is 0 Å². The number of rotatable bonds is 5. The van der Waals surface area contributed by atoms with Gasteiger partial charge in [-0.3, -0.25) is 9.59 Å². The summed E-state index contributed by atoms with van der Waals surface area (Å²) in [6, 6.07) is 0. The third-order valence-electron chi connectivity index (χ3n) is 1.99. The minimum atomic E-state index is -0.371. The molecule has 14 heavy (non-hydrogen) atoms. The predicted molar refractivity (Wildman–Crippen MR) is 51.8 cm³/mol. The second-order valence-electron chi connectivity index (χ2n) is 3.48. The van der Waals surface area contributed by atoms with Gasteiger partial charge in [-0.1, -0.05) is 12.2 Å². The maximum Gasteiger partial charge on any atom is 0.290 e. The molecule has 1 fully saturated rings. The smallest absolute Gasteiger partial charge is 0.290 e. The van der Waals surface area contributed by atoms with E-state index in [9.17, 15) is 9.59 Å². The minimum Gasteiger partial charge on any atom is -0.375 e. The molecule has 0 saturated carbocycles. The monoisotopic (exact) mass is 197 g/mol. The van der Waals surface area contributed by atoms with Crippen molar-refractivity contribution in [2.75, 3.05) is 26.3 Å². The highest BCUT2D eigenvalue weighted by atomic mass is 16.5. The van der Waals surface area contributed by atoms with E-state index in [1.165, 1.54) is 4.90 Å². The fraction of sp³-hybridized carbons (Fsp3) is 0.600. The molecular weight excluding hydrogens is 182 g/mol. The van der Waals surface area contributed by atoms with Crippen molar-refractivity contribution in [3.05, 3.63) is 12.2 Å². The number of ketones is 1. The molecule has 0 aromatic heterocycles. The second-order valence-corrected chi connectivity index (χ2v) is 3.48. The molecule has 0 bridgehead atoms. The molecular formula is C10H15NO3. The van der Waals surface area contributed by atoms with Gasteiger partial charge in [-0.2, -0.15) is 0 Å². The minimum absolute atomic E-state index is 0.287. The second kappa shape index (κ2) is 4.91. The van der Waals surface area contributed by atoms with Crippen molar-refractivity contribution in [1.29, 1.82) is 0 Å². The van der Waals surface area contributed by atoms with Crippen molar-refractivity contribution in [3.8, 4) is 0 Å². The third kappa shape index (κ3) is 2.96. The Morgan fingerprint density at radius 2 is 2.29 bits per heavy atom. The Morgan fingerprint density at radius 3 is 2.79 bits per heavy atom. The lowest BCUT2D eigenvalue weighted by Gasteiger charge is -2.13. The van der Waals surface area contributed by atoms with Gasteiger partial charge in [-0.05, 0) is 6.92 Å². The Labute approximate surface area is 83.5 Å². The molecule has 0 aliphatic carbocycles. The first-order chi connectivity index (χ1) is 6.61. The molecule has 0 atom stereocenters. The van der Waals surface area contributed by atoms with Crippen molar-refractivity contribution in [2.45, 2.75) is 13.3 Å². The summed E-state index contributed by atoms with van der Waals surface area (Å²) in [4.78, 5) is 23.5. The first-order valence-corrected chi connectivity index (χ1v) is 4.65. The number of amides is 1. The highest BCUT2D eigenvalue weighted by molar-refractivity contribution is 6.37. The number of carbonyl (C=O) groups excluding carboxylic acids is 2. The lowest BCUT2D eigenvalue weighted by Crippen LogP contribution is -2.30. The van der Waals surface area contributed by atoms with E-state index < -0.39 is 0 Å². The first kappa shape index (κ1) is 10.9. The molecule has 1 aliphatic heterocycles. The zero-order valence-electron chi connectivity index (χ0n) is 8.41. The molecule has 1 amide bonds. The molecule has 0 aromatic rings. The van der Waals surface area contributed by atoms with Gasteiger partial charge in [0.1, 0.15) is 0 Å². The first-order valence-electron chi connectivity index (χ1n) is 4.65. The van der Waals surface area contributed by atoms with Gasteiger partial charge in [0, 0.05) is 19.5 Å². The largest absolute Gasteiger partial charge is 0.375 e. The lowest BCUT2D eigenvalue weighted by atomic mass is 10.3. The summed E-state index contributed by atoms with van der Waals surface area (Å²) in [5.74, 6) is -0.658. The highest BCUT2D eigenvalue weighted by Gasteiger charge is 2.28. The summed E-state index contributed by atoms with van der Waals surface area (Å²) in [6.07, 6.45) is 0.347. The Hall–Kier alpha value is -1.16. The Kier molecular flexibility index (Phi) is 3.83. The van der Waals surface area contributed by atoms with E-state index in [4.69, 9.17) is 4.74 Å². The number of carbonyl (C=O) groups is 2. The fourth-order valence-corrected chi connectivity index (χ4v) is 1.26. The maximum absolute atomic E-state index is 11.1. The van der Waals surface area contributed by atoms with Gasteiger partial charge in [-0.25, -0.2) is 0 Å². The third-order valence-corrected chi connectivity index (χ3v) is 1.99. The summed E-state index contributed by atoms with van der Waals surface area (Å²) in [6.45, 7) is 7.58. The van der Waals surface area contributed by atoms with Crippen LogP contribution in [-0.4, -0.2) is 42.9 Å². The lowest BCUT2D eigenvalue weighted by molar-refractivity contribution is -0.140. The van der Waals surface area contributed by atoms with Crippen LogP contribution in [0.25, 0.3) is 0 Å². The number of hydrogen-bond acceptors (Lipinski definition) is 3. The number of ether oxygens (including phenoxy) is 1. The van der Waals surface area contributed by atoms with Crippen LogP contribution in [0.4, 0.5) is 0 Å². The summed E-state index contributed by atoms with van der Waals surface area (Å²) < 4.78 is 5.24. The summed E-state index contributed by atoms with van der Waals surface area (Å²) in [5, 5.41) is 0. The van der Waals surface area contributed by atoms with E-state index >= 15 is 0 Å². The Bertz CT molecular complexity index is 260. The standard InChI is InChI=1S/C10H15NO3/c1-8(2)7-14-6-5-11-4-3-9(12)10(11)13/h1,3-7H2,2H3. The molecule has 1 saturated heterocycles. The summed E-state index contributed by atoms with van der Waals surface area (Å²) in [5.41, 5.74) is 0.953. The zero-order valence-corrected chi connectivity index (χ0v) is 8.41. The molecule has 1 aliphatic rings. The van der Waals surface area contributed by atoms with Gasteiger partial charge in [0.05, 0.1) is 13.2 Å². The van der Waals surface area contributed by atoms with E-state index in [-0.39, 0.29) is 11.7 Å². The molecule has 4 heteroatoms. The van der Waals surface area contributed by atoms with Gasteiger partial charge < -0.3 is 9.64 Å². The van der Waals surface area contributed by atoms with Crippen LogP contribution in [0.3, 0.4) is 0 Å².